The van der Waals surface area contributed by atoms with E-state index in [9.17, 15) is 19.7 Å². The van der Waals surface area contributed by atoms with E-state index in [-0.39, 0.29) is 29.7 Å². The number of nitro benzene ring substituents is 1. The third-order valence-electron chi connectivity index (χ3n) is 5.64. The molecule has 1 N–H and O–H groups in total. The molecule has 28 heavy (non-hydrogen) atoms. The van der Waals surface area contributed by atoms with Gasteiger partial charge in [-0.1, -0.05) is 42.5 Å². The van der Waals surface area contributed by atoms with E-state index in [1.54, 1.807) is 19.1 Å². The Balaban J connectivity index is 1.74. The molecule has 1 aliphatic carbocycles. The van der Waals surface area contributed by atoms with Crippen molar-refractivity contribution in [1.82, 2.24) is 5.32 Å². The van der Waals surface area contributed by atoms with E-state index in [0.717, 1.165) is 5.56 Å². The van der Waals surface area contributed by atoms with E-state index >= 15 is 0 Å². The van der Waals surface area contributed by atoms with Crippen molar-refractivity contribution < 1.29 is 14.5 Å². The maximum Gasteiger partial charge on any atom is 0.272 e. The second kappa shape index (κ2) is 7.03. The minimum absolute atomic E-state index is 0.00308. The summed E-state index contributed by atoms with van der Waals surface area (Å²) in [6.45, 7) is 1.68. The number of nitrogens with one attached hydrogen (secondary N) is 1. The molecule has 1 heterocycles. The number of amides is 1. The van der Waals surface area contributed by atoms with Gasteiger partial charge in [-0.05, 0) is 30.4 Å². The Morgan fingerprint density at radius 3 is 2.46 bits per heavy atom. The maximum absolute atomic E-state index is 13.0. The Labute approximate surface area is 162 Å². The number of nitrogens with zero attached hydrogens (tertiary/aromatic N) is 1. The molecule has 0 radical (unpaired) electrons. The van der Waals surface area contributed by atoms with Crippen LogP contribution in [0.3, 0.4) is 0 Å². The first-order valence-corrected chi connectivity index (χ1v) is 9.30. The first-order chi connectivity index (χ1) is 13.4. The summed E-state index contributed by atoms with van der Waals surface area (Å²) in [5.74, 6) is -0.567. The minimum Gasteiger partial charge on any atom is -0.329 e. The molecule has 142 valence electrons. The SMILES string of the molecule is Cc1ccc([C@H]2CC(=O)NC3=C2C(=O)C[C@@H](c2ccccc2)C3)cc1[N+](=O)[O-]. The van der Waals surface area contributed by atoms with Crippen molar-refractivity contribution in [2.24, 2.45) is 0 Å². The van der Waals surface area contributed by atoms with Crippen LogP contribution in [0.2, 0.25) is 0 Å². The van der Waals surface area contributed by atoms with Gasteiger partial charge >= 0.3 is 0 Å². The fourth-order valence-electron chi connectivity index (χ4n) is 4.25. The molecule has 0 bridgehead atoms. The minimum atomic E-state index is -0.438. The quantitative estimate of drug-likeness (QED) is 0.650. The maximum atomic E-state index is 13.0. The van der Waals surface area contributed by atoms with Crippen LogP contribution in [0, 0.1) is 17.0 Å². The number of rotatable bonds is 3. The van der Waals surface area contributed by atoms with Crippen LogP contribution in [-0.4, -0.2) is 16.6 Å². The van der Waals surface area contributed by atoms with Crippen molar-refractivity contribution in [2.45, 2.75) is 38.0 Å². The molecule has 4 rings (SSSR count). The van der Waals surface area contributed by atoms with Crippen LogP contribution in [0.15, 0.2) is 59.8 Å². The highest BCUT2D eigenvalue weighted by Crippen LogP contribution is 2.43. The lowest BCUT2D eigenvalue weighted by molar-refractivity contribution is -0.385. The van der Waals surface area contributed by atoms with Gasteiger partial charge in [-0.2, -0.15) is 0 Å². The Morgan fingerprint density at radius 1 is 1.00 bits per heavy atom. The first-order valence-electron chi connectivity index (χ1n) is 9.30. The Kier molecular flexibility index (Phi) is 4.55. The zero-order valence-electron chi connectivity index (χ0n) is 15.5. The molecule has 2 aromatic rings. The third kappa shape index (κ3) is 3.22. The van der Waals surface area contributed by atoms with Crippen LogP contribution in [0.5, 0.6) is 0 Å². The Bertz CT molecular complexity index is 1010. The van der Waals surface area contributed by atoms with Crippen molar-refractivity contribution in [1.29, 1.82) is 0 Å². The van der Waals surface area contributed by atoms with Gasteiger partial charge in [0, 0.05) is 41.7 Å². The average molecular weight is 376 g/mol. The number of ketones is 1. The van der Waals surface area contributed by atoms with Gasteiger partial charge in [0.2, 0.25) is 5.91 Å². The molecular formula is C22H20N2O4. The summed E-state index contributed by atoms with van der Waals surface area (Å²) in [5, 5.41) is 14.2. The number of hydrogen-bond acceptors (Lipinski definition) is 4. The van der Waals surface area contributed by atoms with E-state index in [1.165, 1.54) is 6.07 Å². The molecule has 1 aliphatic heterocycles. The van der Waals surface area contributed by atoms with E-state index in [1.807, 2.05) is 30.3 Å². The van der Waals surface area contributed by atoms with Gasteiger partial charge in [-0.25, -0.2) is 0 Å². The van der Waals surface area contributed by atoms with E-state index in [2.05, 4.69) is 5.32 Å². The molecule has 0 aromatic heterocycles. The average Bonchev–Trinajstić information content (AvgIpc) is 2.67. The Hall–Kier alpha value is -3.28. The topological polar surface area (TPSA) is 89.3 Å². The number of carbonyl (C=O) groups is 2. The van der Waals surface area contributed by atoms with Gasteiger partial charge in [0.15, 0.2) is 5.78 Å². The molecule has 1 amide bonds. The van der Waals surface area contributed by atoms with Gasteiger partial charge in [0.05, 0.1) is 4.92 Å². The number of benzene rings is 2. The number of allylic oxidation sites excluding steroid dienone is 2. The molecule has 2 aromatic carbocycles. The van der Waals surface area contributed by atoms with E-state index < -0.39 is 10.8 Å². The fourth-order valence-corrected chi connectivity index (χ4v) is 4.25. The summed E-state index contributed by atoms with van der Waals surface area (Å²) in [6.07, 6.45) is 1.09. The van der Waals surface area contributed by atoms with Gasteiger partial charge in [-0.15, -0.1) is 0 Å². The summed E-state index contributed by atoms with van der Waals surface area (Å²) >= 11 is 0. The molecular weight excluding hydrogens is 356 g/mol. The highest BCUT2D eigenvalue weighted by molar-refractivity contribution is 6.02. The highest BCUT2D eigenvalue weighted by Gasteiger charge is 2.38. The molecule has 0 unspecified atom stereocenters. The van der Waals surface area contributed by atoms with Crippen LogP contribution >= 0.6 is 0 Å². The van der Waals surface area contributed by atoms with Gasteiger partial charge in [-0.3, -0.25) is 19.7 Å². The zero-order chi connectivity index (χ0) is 19.8. The number of hydrogen-bond donors (Lipinski definition) is 1. The van der Waals surface area contributed by atoms with Crippen molar-refractivity contribution >= 4 is 17.4 Å². The molecule has 6 nitrogen and oxygen atoms in total. The van der Waals surface area contributed by atoms with E-state index in [4.69, 9.17) is 0 Å². The predicted molar refractivity (Wildman–Crippen MR) is 104 cm³/mol. The number of aryl methyl sites for hydroxylation is 1. The summed E-state index contributed by atoms with van der Waals surface area (Å²) in [5.41, 5.74) is 3.55. The predicted octanol–water partition coefficient (Wildman–Crippen LogP) is 3.91. The van der Waals surface area contributed by atoms with Crippen molar-refractivity contribution in [2.75, 3.05) is 0 Å². The summed E-state index contributed by atoms with van der Waals surface area (Å²) in [6, 6.07) is 14.8. The Morgan fingerprint density at radius 2 is 1.75 bits per heavy atom. The molecule has 2 atom stereocenters. The lowest BCUT2D eigenvalue weighted by Crippen LogP contribution is -2.38. The summed E-state index contributed by atoms with van der Waals surface area (Å²) in [4.78, 5) is 36.3. The number of nitro groups is 1. The zero-order valence-corrected chi connectivity index (χ0v) is 15.5. The van der Waals surface area contributed by atoms with Crippen LogP contribution in [0.4, 0.5) is 5.69 Å². The lowest BCUT2D eigenvalue weighted by atomic mass is 9.73. The van der Waals surface area contributed by atoms with Gasteiger partial charge < -0.3 is 5.32 Å². The van der Waals surface area contributed by atoms with Crippen LogP contribution in [0.25, 0.3) is 0 Å². The summed E-state index contributed by atoms with van der Waals surface area (Å²) < 4.78 is 0. The van der Waals surface area contributed by atoms with Crippen molar-refractivity contribution in [3.8, 4) is 0 Å². The third-order valence-corrected chi connectivity index (χ3v) is 5.64. The van der Waals surface area contributed by atoms with E-state index in [0.29, 0.717) is 35.2 Å². The van der Waals surface area contributed by atoms with Crippen LogP contribution < -0.4 is 5.32 Å². The molecule has 2 aliphatic rings. The normalized spacial score (nSPS) is 21.9. The van der Waals surface area contributed by atoms with Gasteiger partial charge in [0.1, 0.15) is 0 Å². The molecule has 0 spiro atoms. The number of carbonyl (C=O) groups excluding carboxylic acids is 2. The fraction of sp³-hybridized carbons (Fsp3) is 0.273. The summed E-state index contributed by atoms with van der Waals surface area (Å²) in [7, 11) is 0. The van der Waals surface area contributed by atoms with Gasteiger partial charge in [0.25, 0.3) is 5.69 Å². The molecule has 0 saturated heterocycles. The lowest BCUT2D eigenvalue weighted by Gasteiger charge is -2.34. The smallest absolute Gasteiger partial charge is 0.272 e. The molecule has 0 saturated carbocycles. The van der Waals surface area contributed by atoms with Crippen molar-refractivity contribution in [3.05, 3.63) is 86.6 Å². The monoisotopic (exact) mass is 376 g/mol. The highest BCUT2D eigenvalue weighted by atomic mass is 16.6. The molecule has 0 fully saturated rings. The second-order valence-electron chi connectivity index (χ2n) is 7.44. The second-order valence-corrected chi connectivity index (χ2v) is 7.44. The van der Waals surface area contributed by atoms with Crippen LogP contribution in [-0.2, 0) is 9.59 Å². The van der Waals surface area contributed by atoms with Crippen molar-refractivity contribution in [3.63, 3.8) is 0 Å². The standard InChI is InChI=1S/C22H20N2O4/c1-13-7-8-15(10-19(13)24(27)28)17-12-21(26)23-18-9-16(11-20(25)22(17)18)14-5-3-2-4-6-14/h2-8,10,16-17H,9,11-12H2,1H3,(H,23,26)/t16-,17+/m0/s1. The van der Waals surface area contributed by atoms with Crippen LogP contribution in [0.1, 0.15) is 47.8 Å². The molecule has 6 heteroatoms. The largest absolute Gasteiger partial charge is 0.329 e. The number of Topliss-reactive ketones (excluding diaryl/α,β-unsaturated/α-hetero) is 1. The first kappa shape index (κ1) is 18.1.